The number of unbranched alkanes of at least 4 members (excludes halogenated alkanes) is 12. The number of carbonyl (C=O) groups is 3. The number of aromatic nitrogens is 8. The van der Waals surface area contributed by atoms with Crippen LogP contribution in [-0.4, -0.2) is 116 Å². The van der Waals surface area contributed by atoms with Gasteiger partial charge in [-0.05, 0) is 48.3 Å². The maximum Gasteiger partial charge on any atom is 0.472 e. The zero-order chi connectivity index (χ0) is 56.1. The number of benzene rings is 1. The predicted molar refractivity (Wildman–Crippen MR) is 294 cm³/mol. The Kier molecular flexibility index (Phi) is 21.3. The number of rotatable bonds is 25. The van der Waals surface area contributed by atoms with E-state index in [0.717, 1.165) is 43.4 Å². The maximum atomic E-state index is 15.1. The van der Waals surface area contributed by atoms with Gasteiger partial charge in [0.2, 0.25) is 23.6 Å². The van der Waals surface area contributed by atoms with E-state index in [-0.39, 0.29) is 53.3 Å². The largest absolute Gasteiger partial charge is 0.492 e. The van der Waals surface area contributed by atoms with Crippen LogP contribution < -0.4 is 21.7 Å². The van der Waals surface area contributed by atoms with E-state index < -0.39 is 88.6 Å². The molecule has 0 radical (unpaired) electrons. The van der Waals surface area contributed by atoms with Gasteiger partial charge in [0.15, 0.2) is 22.6 Å². The lowest BCUT2D eigenvalue weighted by atomic mass is 10.0. The Balaban J connectivity index is 0.863. The van der Waals surface area contributed by atoms with Crippen LogP contribution in [0.5, 0.6) is 5.88 Å². The van der Waals surface area contributed by atoms with Crippen LogP contribution in [0.1, 0.15) is 148 Å². The summed E-state index contributed by atoms with van der Waals surface area (Å²) in [6.45, 7) is 2.28. The minimum atomic E-state index is -4.82. The van der Waals surface area contributed by atoms with E-state index in [1.165, 1.54) is 81.3 Å². The topological polar surface area (TPSA) is 330 Å². The Labute approximate surface area is 462 Å². The molecule has 432 valence electrons. The van der Waals surface area contributed by atoms with Crippen LogP contribution in [0.15, 0.2) is 49.6 Å². The van der Waals surface area contributed by atoms with Gasteiger partial charge >= 0.3 is 14.6 Å². The third kappa shape index (κ3) is 16.3. The minimum Gasteiger partial charge on any atom is -0.492 e. The number of hydrogen-bond donors (Lipinski definition) is 6. The number of nitrogens with one attached hydrogen (secondary N) is 3. The van der Waals surface area contributed by atoms with Gasteiger partial charge in [-0.15, -0.1) is 0 Å². The molecule has 3 amide bonds. The zero-order valence-electron chi connectivity index (χ0n) is 45.1. The predicted octanol–water partition coefficient (Wildman–Crippen LogP) is 8.55. The van der Waals surface area contributed by atoms with Crippen molar-refractivity contribution in [1.82, 2.24) is 49.7 Å². The fraction of sp³-hybridized carbons (Fsp3) is 0.627. The van der Waals surface area contributed by atoms with Crippen molar-refractivity contribution >= 4 is 77.6 Å². The molecule has 0 spiro atoms. The number of hydrogen-bond acceptors (Lipinski definition) is 20. The fourth-order valence-electron chi connectivity index (χ4n) is 9.73. The van der Waals surface area contributed by atoms with Crippen molar-refractivity contribution in [2.75, 3.05) is 24.3 Å². The van der Waals surface area contributed by atoms with E-state index in [4.69, 9.17) is 33.3 Å². The number of nitrogens with zero attached hydrogens (tertiary/aromatic N) is 8. The van der Waals surface area contributed by atoms with Gasteiger partial charge in [0.05, 0.1) is 25.9 Å². The molecule has 28 heteroatoms. The number of imidazole rings is 2. The summed E-state index contributed by atoms with van der Waals surface area (Å²) in [5.41, 5.74) is 8.13. The molecule has 0 aliphatic carbocycles. The van der Waals surface area contributed by atoms with Crippen molar-refractivity contribution in [1.29, 1.82) is 0 Å². The number of fused-ring (bicyclic) bond motifs is 4. The van der Waals surface area contributed by atoms with Gasteiger partial charge in [-0.25, -0.2) is 34.0 Å². The SMILES string of the molecule is CCCCCCCCCCCCCCCC(=O)N[C@H](C(=O)N[C@@H](C)C(=O)Nc1ccc(CSP2(=O)OC[C@H]3O[C@@H](n4cnc5c(N)ncnc54)C[C@@H]3OP(=O)(O)OC[C@H]3O[C@@H](n4cnc5c(O)ncnc54)C[C@@H]3O2)cc1)C(C)C. The first kappa shape index (κ1) is 60.0. The van der Waals surface area contributed by atoms with E-state index in [1.54, 1.807) is 35.8 Å². The summed E-state index contributed by atoms with van der Waals surface area (Å²) in [5, 5.41) is 18.8. The number of amides is 3. The minimum absolute atomic E-state index is 0.00700. The van der Waals surface area contributed by atoms with E-state index in [0.29, 0.717) is 28.8 Å². The van der Waals surface area contributed by atoms with Crippen LogP contribution in [0.3, 0.4) is 0 Å². The van der Waals surface area contributed by atoms with E-state index >= 15 is 4.57 Å². The summed E-state index contributed by atoms with van der Waals surface area (Å²) in [6, 6.07) is 5.01. The van der Waals surface area contributed by atoms with Crippen molar-refractivity contribution in [2.24, 2.45) is 5.92 Å². The van der Waals surface area contributed by atoms with Crippen LogP contribution in [0.2, 0.25) is 0 Å². The van der Waals surface area contributed by atoms with Crippen LogP contribution >= 0.6 is 26.0 Å². The standard InChI is InChI=1S/C51H74N12O13P2S/c1-5-6-7-8-9-10-11-12-13-14-15-16-17-18-40(64)61-43(32(2)3)51(67)59-33(4)49(65)60-35-21-19-34(20-22-35)27-79-78(70)72-26-39-36(23-41(74-39)62-30-57-44-46(52)53-28-54-47(44)62)75-77(68,69)71-25-38-37(76-78)24-42(73-38)63-31-58-45-48(63)55-29-56-50(45)66/h19-22,28-33,36-39,41-43H,5-18,23-27H2,1-4H3,(H,59,67)(H,60,65)(H,61,64)(H,68,69)(H2,52,53,54)(H,55,56,66)/t33-,36-,37-,38+,39+,41+,42+,43-,78?/m0/s1. The quantitative estimate of drug-likeness (QED) is 0.0235. The second kappa shape index (κ2) is 28.0. The Bertz CT molecular complexity index is 2940. The number of anilines is 2. The van der Waals surface area contributed by atoms with E-state index in [9.17, 15) is 28.9 Å². The molecular weight excluding hydrogens is 1080 g/mol. The molecule has 4 aromatic heterocycles. The Morgan fingerprint density at radius 2 is 1.27 bits per heavy atom. The van der Waals surface area contributed by atoms with Crippen molar-refractivity contribution in [2.45, 2.75) is 185 Å². The van der Waals surface area contributed by atoms with Crippen molar-refractivity contribution < 1.29 is 61.1 Å². The number of nitrogens with two attached hydrogens (primary N) is 1. The van der Waals surface area contributed by atoms with Gasteiger partial charge in [-0.2, -0.15) is 4.98 Å². The lowest BCUT2D eigenvalue weighted by Gasteiger charge is -2.28. The summed E-state index contributed by atoms with van der Waals surface area (Å²) in [4.78, 5) is 75.6. The highest BCUT2D eigenvalue weighted by Crippen LogP contribution is 2.64. The smallest absolute Gasteiger partial charge is 0.472 e. The zero-order valence-corrected chi connectivity index (χ0v) is 47.7. The third-order valence-electron chi connectivity index (χ3n) is 14.2. The molecule has 2 unspecified atom stereocenters. The molecule has 10 atom stereocenters. The molecule has 7 N–H and O–H groups in total. The molecule has 5 aromatic rings. The molecule has 79 heavy (non-hydrogen) atoms. The number of aromatic hydroxyl groups is 1. The molecule has 1 aromatic carbocycles. The summed E-state index contributed by atoms with van der Waals surface area (Å²) >= 11 is 0.874. The number of ether oxygens (including phenoxy) is 2. The highest BCUT2D eigenvalue weighted by molar-refractivity contribution is 8.54. The summed E-state index contributed by atoms with van der Waals surface area (Å²) in [7, 11) is -4.82. The van der Waals surface area contributed by atoms with Gasteiger partial charge in [0.1, 0.15) is 67.1 Å². The molecule has 25 nitrogen and oxygen atoms in total. The Morgan fingerprint density at radius 3 is 1.89 bits per heavy atom. The molecular formula is C51H74N12O13P2S. The highest BCUT2D eigenvalue weighted by atomic mass is 32.7. The number of carbonyl (C=O) groups excluding carboxylic acids is 3. The molecule has 8 rings (SSSR count). The van der Waals surface area contributed by atoms with Gasteiger partial charge in [-0.1, -0.05) is 110 Å². The van der Waals surface area contributed by atoms with E-state index in [1.807, 2.05) is 13.8 Å². The van der Waals surface area contributed by atoms with Gasteiger partial charge < -0.3 is 41.2 Å². The molecule has 3 fully saturated rings. The number of phosphoric ester groups is 1. The lowest BCUT2D eigenvalue weighted by molar-refractivity contribution is -0.131. The second-order valence-corrected chi connectivity index (χ2v) is 26.0. The van der Waals surface area contributed by atoms with Crippen LogP contribution in [-0.2, 0) is 56.8 Å². The lowest BCUT2D eigenvalue weighted by Crippen LogP contribution is -2.53. The Hall–Kier alpha value is -5.14. The van der Waals surface area contributed by atoms with Crippen LogP contribution in [0.25, 0.3) is 22.3 Å². The van der Waals surface area contributed by atoms with Gasteiger partial charge in [-0.3, -0.25) is 41.6 Å². The van der Waals surface area contributed by atoms with Crippen molar-refractivity contribution in [3.8, 4) is 5.88 Å². The number of nitrogen functional groups attached to an aromatic ring is 1. The summed E-state index contributed by atoms with van der Waals surface area (Å²) in [5.74, 6) is -1.47. The van der Waals surface area contributed by atoms with Gasteiger partial charge in [0, 0.05) is 30.7 Å². The molecule has 7 heterocycles. The number of phosphoric acid groups is 1. The summed E-state index contributed by atoms with van der Waals surface area (Å²) in [6.07, 6.45) is 15.2. The molecule has 0 bridgehead atoms. The van der Waals surface area contributed by atoms with Gasteiger partial charge in [0.25, 0.3) is 0 Å². The first-order valence-corrected chi connectivity index (χ1v) is 32.0. The van der Waals surface area contributed by atoms with E-state index in [2.05, 4.69) is 52.8 Å². The first-order chi connectivity index (χ1) is 38.0. The summed E-state index contributed by atoms with van der Waals surface area (Å²) < 4.78 is 68.3. The maximum absolute atomic E-state index is 15.1. The van der Waals surface area contributed by atoms with Crippen LogP contribution in [0, 0.1) is 5.92 Å². The highest BCUT2D eigenvalue weighted by Gasteiger charge is 2.48. The molecule has 3 saturated heterocycles. The monoisotopic (exact) mass is 1160 g/mol. The fourth-order valence-corrected chi connectivity index (χ4v) is 14.1. The Morgan fingerprint density at radius 1 is 0.709 bits per heavy atom. The average molecular weight is 1160 g/mol. The first-order valence-electron chi connectivity index (χ1n) is 27.3. The normalized spacial score (nSPS) is 25.3. The third-order valence-corrected chi connectivity index (χ3v) is 18.9. The van der Waals surface area contributed by atoms with Crippen molar-refractivity contribution in [3.63, 3.8) is 0 Å². The molecule has 0 saturated carbocycles. The average Bonchev–Trinajstić information content (AvgIpc) is 4.45. The molecule has 3 aliphatic heterocycles. The second-order valence-electron chi connectivity index (χ2n) is 20.6. The van der Waals surface area contributed by atoms with Crippen molar-refractivity contribution in [3.05, 3.63) is 55.1 Å². The van der Waals surface area contributed by atoms with Crippen LogP contribution in [0.4, 0.5) is 11.5 Å². The molecule has 3 aliphatic rings.